The lowest BCUT2D eigenvalue weighted by Crippen LogP contribution is -2.14. The summed E-state index contributed by atoms with van der Waals surface area (Å²) >= 11 is 1.44. The lowest BCUT2D eigenvalue weighted by molar-refractivity contribution is -0.113. The van der Waals surface area contributed by atoms with E-state index in [1.54, 1.807) is 0 Å². The summed E-state index contributed by atoms with van der Waals surface area (Å²) in [5.41, 5.74) is 1.89. The van der Waals surface area contributed by atoms with Crippen molar-refractivity contribution in [2.24, 2.45) is 0 Å². The highest BCUT2D eigenvalue weighted by molar-refractivity contribution is 7.99. The highest BCUT2D eigenvalue weighted by Gasteiger charge is 2.16. The van der Waals surface area contributed by atoms with Gasteiger partial charge in [0.15, 0.2) is 5.16 Å². The van der Waals surface area contributed by atoms with E-state index in [0.29, 0.717) is 5.75 Å². The predicted molar refractivity (Wildman–Crippen MR) is 115 cm³/mol. The fourth-order valence-electron chi connectivity index (χ4n) is 3.31. The number of carbonyl (C=O) groups excluding carboxylic acids is 1. The summed E-state index contributed by atoms with van der Waals surface area (Å²) in [7, 11) is 0. The molecule has 0 saturated heterocycles. The van der Waals surface area contributed by atoms with Gasteiger partial charge in [0.25, 0.3) is 0 Å². The molecule has 0 aliphatic carbocycles. The monoisotopic (exact) mass is 408 g/mol. The van der Waals surface area contributed by atoms with Crippen molar-refractivity contribution in [1.29, 1.82) is 0 Å². The fourth-order valence-corrected chi connectivity index (χ4v) is 4.10. The lowest BCUT2D eigenvalue weighted by Gasteiger charge is -2.09. The molecule has 4 rings (SSSR count). The average molecular weight is 409 g/mol. The molecule has 3 aromatic rings. The van der Waals surface area contributed by atoms with Gasteiger partial charge in [-0.1, -0.05) is 30.3 Å². The van der Waals surface area contributed by atoms with Crippen molar-refractivity contribution in [2.75, 3.05) is 11.1 Å². The zero-order valence-corrected chi connectivity index (χ0v) is 17.2. The van der Waals surface area contributed by atoms with Gasteiger partial charge in [0.05, 0.1) is 5.75 Å². The number of rotatable bonds is 6. The number of ether oxygens (including phenoxy) is 1. The minimum absolute atomic E-state index is 0.0617. The van der Waals surface area contributed by atoms with E-state index in [9.17, 15) is 4.79 Å². The van der Waals surface area contributed by atoms with Crippen LogP contribution in [0.1, 0.15) is 30.7 Å². The number of nitrogens with one attached hydrogen (secondary N) is 1. The van der Waals surface area contributed by atoms with Crippen LogP contribution in [0, 0.1) is 6.92 Å². The number of hydrogen-bond acceptors (Lipinski definition) is 5. The molecule has 7 heteroatoms. The van der Waals surface area contributed by atoms with Crippen LogP contribution in [0.5, 0.6) is 11.5 Å². The molecule has 1 aliphatic rings. The van der Waals surface area contributed by atoms with E-state index in [1.165, 1.54) is 18.2 Å². The van der Waals surface area contributed by atoms with Gasteiger partial charge in [0.1, 0.15) is 17.3 Å². The number of nitrogens with zero attached hydrogens (tertiary/aromatic N) is 3. The van der Waals surface area contributed by atoms with E-state index >= 15 is 0 Å². The highest BCUT2D eigenvalue weighted by atomic mass is 32.2. The molecule has 0 fully saturated rings. The van der Waals surface area contributed by atoms with Crippen LogP contribution in [-0.4, -0.2) is 26.4 Å². The average Bonchev–Trinajstić information content (AvgIpc) is 2.94. The van der Waals surface area contributed by atoms with Crippen LogP contribution in [0.15, 0.2) is 53.7 Å². The summed E-state index contributed by atoms with van der Waals surface area (Å²) in [5, 5.41) is 12.3. The van der Waals surface area contributed by atoms with Crippen molar-refractivity contribution in [3.05, 3.63) is 59.9 Å². The van der Waals surface area contributed by atoms with Crippen molar-refractivity contribution < 1.29 is 9.53 Å². The van der Waals surface area contributed by atoms with Crippen LogP contribution in [-0.2, 0) is 17.8 Å². The Morgan fingerprint density at radius 1 is 1.10 bits per heavy atom. The number of anilines is 1. The van der Waals surface area contributed by atoms with Crippen molar-refractivity contribution >= 4 is 23.4 Å². The Kier molecular flexibility index (Phi) is 6.14. The molecule has 29 heavy (non-hydrogen) atoms. The summed E-state index contributed by atoms with van der Waals surface area (Å²) in [4.78, 5) is 12.3. The first-order valence-electron chi connectivity index (χ1n) is 9.87. The van der Waals surface area contributed by atoms with Gasteiger partial charge < -0.3 is 14.6 Å². The van der Waals surface area contributed by atoms with Gasteiger partial charge in [0, 0.05) is 18.7 Å². The number of aryl methyl sites for hydroxylation is 2. The molecule has 150 valence electrons. The first kappa shape index (κ1) is 19.5. The Morgan fingerprint density at radius 3 is 2.79 bits per heavy atom. The SMILES string of the molecule is Cc1cccc(Oc2ccc(NC(=O)CSc3nnc4n3CCCCC4)cc2)c1. The van der Waals surface area contributed by atoms with Crippen LogP contribution in [0.25, 0.3) is 0 Å². The topological polar surface area (TPSA) is 69.0 Å². The van der Waals surface area contributed by atoms with Crippen LogP contribution >= 0.6 is 11.8 Å². The third kappa shape index (κ3) is 5.17. The Morgan fingerprint density at radius 2 is 1.97 bits per heavy atom. The summed E-state index contributed by atoms with van der Waals surface area (Å²) in [6.07, 6.45) is 4.49. The van der Waals surface area contributed by atoms with E-state index in [4.69, 9.17) is 4.74 Å². The van der Waals surface area contributed by atoms with E-state index in [0.717, 1.165) is 59.5 Å². The van der Waals surface area contributed by atoms with Crippen LogP contribution in [0.4, 0.5) is 5.69 Å². The van der Waals surface area contributed by atoms with E-state index in [1.807, 2.05) is 55.5 Å². The van der Waals surface area contributed by atoms with Gasteiger partial charge in [-0.2, -0.15) is 0 Å². The first-order chi connectivity index (χ1) is 14.2. The predicted octanol–water partition coefficient (Wildman–Crippen LogP) is 4.84. The Labute approximate surface area is 174 Å². The second kappa shape index (κ2) is 9.13. The Hall–Kier alpha value is -2.80. The van der Waals surface area contributed by atoms with Gasteiger partial charge in [-0.3, -0.25) is 4.79 Å². The standard InChI is InChI=1S/C22H24N4O2S/c1-16-6-5-7-19(14-16)28-18-11-9-17(10-12-18)23-21(27)15-29-22-25-24-20-8-3-2-4-13-26(20)22/h5-7,9-12,14H,2-4,8,13,15H2,1H3,(H,23,27). The molecule has 6 nitrogen and oxygen atoms in total. The Bertz CT molecular complexity index is 985. The summed E-state index contributed by atoms with van der Waals surface area (Å²) < 4.78 is 8.00. The molecule has 1 aliphatic heterocycles. The Balaban J connectivity index is 1.30. The van der Waals surface area contributed by atoms with E-state index < -0.39 is 0 Å². The smallest absolute Gasteiger partial charge is 0.234 e. The number of thioether (sulfide) groups is 1. The maximum atomic E-state index is 12.3. The molecule has 0 atom stereocenters. The molecule has 1 amide bonds. The summed E-state index contributed by atoms with van der Waals surface area (Å²) in [5.74, 6) is 2.81. The zero-order valence-electron chi connectivity index (χ0n) is 16.4. The number of carbonyl (C=O) groups is 1. The van der Waals surface area contributed by atoms with Crippen LogP contribution in [0.2, 0.25) is 0 Å². The highest BCUT2D eigenvalue weighted by Crippen LogP contribution is 2.25. The first-order valence-corrected chi connectivity index (χ1v) is 10.9. The van der Waals surface area contributed by atoms with E-state index in [2.05, 4.69) is 20.1 Å². The van der Waals surface area contributed by atoms with Gasteiger partial charge in [-0.15, -0.1) is 10.2 Å². The van der Waals surface area contributed by atoms with Gasteiger partial charge in [-0.05, 0) is 61.7 Å². The second-order valence-electron chi connectivity index (χ2n) is 7.14. The van der Waals surface area contributed by atoms with Crippen molar-refractivity contribution in [3.8, 4) is 11.5 Å². The maximum absolute atomic E-state index is 12.3. The molecule has 2 heterocycles. The lowest BCUT2D eigenvalue weighted by atomic mass is 10.2. The van der Waals surface area contributed by atoms with Gasteiger partial charge in [0.2, 0.25) is 5.91 Å². The summed E-state index contributed by atoms with van der Waals surface area (Å²) in [6, 6.07) is 15.3. The van der Waals surface area contributed by atoms with Crippen LogP contribution in [0.3, 0.4) is 0 Å². The molecule has 0 radical (unpaired) electrons. The number of hydrogen-bond donors (Lipinski definition) is 1. The van der Waals surface area contributed by atoms with Gasteiger partial charge in [-0.25, -0.2) is 0 Å². The number of aromatic nitrogens is 3. The number of fused-ring (bicyclic) bond motifs is 1. The largest absolute Gasteiger partial charge is 0.457 e. The van der Waals surface area contributed by atoms with Crippen molar-refractivity contribution in [3.63, 3.8) is 0 Å². The van der Waals surface area contributed by atoms with E-state index in [-0.39, 0.29) is 5.91 Å². The van der Waals surface area contributed by atoms with Crippen molar-refractivity contribution in [1.82, 2.24) is 14.8 Å². The van der Waals surface area contributed by atoms with Crippen LogP contribution < -0.4 is 10.1 Å². The summed E-state index contributed by atoms with van der Waals surface area (Å²) in [6.45, 7) is 2.97. The molecule has 0 bridgehead atoms. The molecular formula is C22H24N4O2S. The maximum Gasteiger partial charge on any atom is 0.234 e. The third-order valence-electron chi connectivity index (χ3n) is 4.77. The minimum Gasteiger partial charge on any atom is -0.457 e. The molecule has 0 unspecified atom stereocenters. The second-order valence-corrected chi connectivity index (χ2v) is 8.08. The molecule has 1 N–H and O–H groups in total. The normalized spacial score (nSPS) is 13.4. The molecule has 0 saturated carbocycles. The fraction of sp³-hybridized carbons (Fsp3) is 0.318. The molecule has 0 spiro atoms. The minimum atomic E-state index is -0.0617. The molecular weight excluding hydrogens is 384 g/mol. The third-order valence-corrected chi connectivity index (χ3v) is 5.74. The van der Waals surface area contributed by atoms with Gasteiger partial charge >= 0.3 is 0 Å². The molecule has 1 aromatic heterocycles. The number of benzene rings is 2. The molecule has 2 aromatic carbocycles. The van der Waals surface area contributed by atoms with Crippen molar-refractivity contribution in [2.45, 2.75) is 44.3 Å². The number of amides is 1. The quantitative estimate of drug-likeness (QED) is 0.591. The zero-order chi connectivity index (χ0) is 20.1.